The average Bonchev–Trinajstić information content (AvgIpc) is 3.27. The second kappa shape index (κ2) is 10.1. The van der Waals surface area contributed by atoms with Crippen LogP contribution in [0.1, 0.15) is 37.6 Å². The molecule has 2 saturated heterocycles. The zero-order chi connectivity index (χ0) is 22.5. The molecule has 3 heterocycles. The van der Waals surface area contributed by atoms with Gasteiger partial charge in [0.25, 0.3) is 0 Å². The molecule has 0 aliphatic carbocycles. The lowest BCUT2D eigenvalue weighted by Crippen LogP contribution is -2.47. The molecular formula is C23H32N8O. The van der Waals surface area contributed by atoms with Crippen LogP contribution in [0.15, 0.2) is 30.6 Å². The van der Waals surface area contributed by atoms with Gasteiger partial charge in [-0.15, -0.1) is 0 Å². The molecule has 9 heteroatoms. The minimum Gasteiger partial charge on any atom is -0.496 e. The van der Waals surface area contributed by atoms with Crippen LogP contribution < -0.4 is 25.8 Å². The summed E-state index contributed by atoms with van der Waals surface area (Å²) in [6.07, 6.45) is 3.84. The SMILES string of the molecule is COc1cc(N2CCN(CC(C)C)CC2)ccc1C1CC(Nc2cnc(C#N)cn2)NN1. The molecule has 0 radical (unpaired) electrons. The first-order valence-electron chi connectivity index (χ1n) is 11.2. The number of aromatic nitrogens is 2. The van der Waals surface area contributed by atoms with Gasteiger partial charge in [-0.2, -0.15) is 5.26 Å². The number of nitriles is 1. The lowest BCUT2D eigenvalue weighted by Gasteiger charge is -2.37. The van der Waals surface area contributed by atoms with Crippen LogP contribution in [0.4, 0.5) is 11.5 Å². The molecule has 1 aromatic heterocycles. The summed E-state index contributed by atoms with van der Waals surface area (Å²) in [5.74, 6) is 2.23. The molecule has 0 spiro atoms. The maximum atomic E-state index is 8.86. The number of hydrogen-bond acceptors (Lipinski definition) is 9. The van der Waals surface area contributed by atoms with Gasteiger partial charge in [0.1, 0.15) is 17.6 Å². The highest BCUT2D eigenvalue weighted by Crippen LogP contribution is 2.34. The van der Waals surface area contributed by atoms with Crippen molar-refractivity contribution in [3.8, 4) is 11.8 Å². The average molecular weight is 437 g/mol. The fourth-order valence-corrected chi connectivity index (χ4v) is 4.38. The second-order valence-electron chi connectivity index (χ2n) is 8.78. The van der Waals surface area contributed by atoms with E-state index in [0.717, 1.165) is 43.9 Å². The quantitative estimate of drug-likeness (QED) is 0.602. The van der Waals surface area contributed by atoms with Crippen LogP contribution in [0.5, 0.6) is 5.75 Å². The zero-order valence-corrected chi connectivity index (χ0v) is 19.0. The third kappa shape index (κ3) is 5.27. The van der Waals surface area contributed by atoms with E-state index in [-0.39, 0.29) is 12.2 Å². The smallest absolute Gasteiger partial charge is 0.158 e. The van der Waals surface area contributed by atoms with Crippen LogP contribution >= 0.6 is 0 Å². The van der Waals surface area contributed by atoms with Crippen molar-refractivity contribution in [1.82, 2.24) is 25.7 Å². The fourth-order valence-electron chi connectivity index (χ4n) is 4.38. The van der Waals surface area contributed by atoms with Crippen LogP contribution in [0, 0.1) is 17.2 Å². The lowest BCUT2D eigenvalue weighted by atomic mass is 10.0. The van der Waals surface area contributed by atoms with E-state index < -0.39 is 0 Å². The molecule has 0 amide bonds. The van der Waals surface area contributed by atoms with Crippen molar-refractivity contribution in [1.29, 1.82) is 5.26 Å². The van der Waals surface area contributed by atoms with Crippen molar-refractivity contribution in [3.63, 3.8) is 0 Å². The Balaban J connectivity index is 1.37. The van der Waals surface area contributed by atoms with Crippen LogP contribution in [0.3, 0.4) is 0 Å². The van der Waals surface area contributed by atoms with Gasteiger partial charge in [0, 0.05) is 56.5 Å². The van der Waals surface area contributed by atoms with E-state index in [9.17, 15) is 0 Å². The van der Waals surface area contributed by atoms with E-state index in [1.807, 2.05) is 6.07 Å². The monoisotopic (exact) mass is 436 g/mol. The molecule has 1 aromatic carbocycles. The Kier molecular flexibility index (Phi) is 7.05. The highest BCUT2D eigenvalue weighted by molar-refractivity contribution is 5.55. The van der Waals surface area contributed by atoms with Gasteiger partial charge in [-0.3, -0.25) is 4.90 Å². The van der Waals surface area contributed by atoms with E-state index >= 15 is 0 Å². The number of hydrogen-bond donors (Lipinski definition) is 3. The molecule has 170 valence electrons. The summed E-state index contributed by atoms with van der Waals surface area (Å²) >= 11 is 0. The highest BCUT2D eigenvalue weighted by Gasteiger charge is 2.28. The largest absolute Gasteiger partial charge is 0.496 e. The van der Waals surface area contributed by atoms with E-state index in [4.69, 9.17) is 10.00 Å². The zero-order valence-electron chi connectivity index (χ0n) is 19.0. The summed E-state index contributed by atoms with van der Waals surface area (Å²) in [5.41, 5.74) is 9.25. The summed E-state index contributed by atoms with van der Waals surface area (Å²) in [7, 11) is 1.73. The van der Waals surface area contributed by atoms with E-state index in [1.165, 1.54) is 18.4 Å². The molecule has 0 bridgehead atoms. The van der Waals surface area contributed by atoms with Gasteiger partial charge in [-0.25, -0.2) is 20.8 Å². The van der Waals surface area contributed by atoms with Crippen LogP contribution in [-0.4, -0.2) is 60.9 Å². The van der Waals surface area contributed by atoms with E-state index in [0.29, 0.717) is 17.4 Å². The fraction of sp³-hybridized carbons (Fsp3) is 0.522. The number of benzene rings is 1. The minimum absolute atomic E-state index is 0.0133. The summed E-state index contributed by atoms with van der Waals surface area (Å²) in [4.78, 5) is 13.3. The molecule has 2 fully saturated rings. The first kappa shape index (κ1) is 22.3. The third-order valence-electron chi connectivity index (χ3n) is 5.94. The van der Waals surface area contributed by atoms with Gasteiger partial charge in [-0.05, 0) is 12.0 Å². The predicted molar refractivity (Wildman–Crippen MR) is 124 cm³/mol. The summed E-state index contributed by atoms with van der Waals surface area (Å²) in [6, 6.07) is 8.60. The standard InChI is InChI=1S/C23H32N8O/c1-16(2)15-30-6-8-31(9-7-30)18-4-5-19(21(10-18)32-3)20-11-22(29-28-20)27-23-14-25-17(12-24)13-26-23/h4-5,10,13-14,16,20,22,28-29H,6-9,11,15H2,1-3H3,(H,26,27). The molecular weight excluding hydrogens is 404 g/mol. The van der Waals surface area contributed by atoms with Gasteiger partial charge < -0.3 is 15.0 Å². The van der Waals surface area contributed by atoms with Crippen molar-refractivity contribution in [2.75, 3.05) is 50.1 Å². The number of methoxy groups -OCH3 is 1. The molecule has 0 saturated carbocycles. The maximum absolute atomic E-state index is 8.86. The molecule has 3 N–H and O–H groups in total. The number of ether oxygens (including phenoxy) is 1. The Morgan fingerprint density at radius 1 is 1.19 bits per heavy atom. The molecule has 2 aliphatic heterocycles. The van der Waals surface area contributed by atoms with E-state index in [2.05, 4.69) is 68.0 Å². The van der Waals surface area contributed by atoms with Gasteiger partial charge in [-0.1, -0.05) is 19.9 Å². The molecule has 2 unspecified atom stereocenters. The third-order valence-corrected chi connectivity index (χ3v) is 5.94. The molecule has 2 aliphatic rings. The molecule has 32 heavy (non-hydrogen) atoms. The van der Waals surface area contributed by atoms with E-state index in [1.54, 1.807) is 13.3 Å². The molecule has 2 aromatic rings. The second-order valence-corrected chi connectivity index (χ2v) is 8.78. The van der Waals surface area contributed by atoms with Gasteiger partial charge >= 0.3 is 0 Å². The maximum Gasteiger partial charge on any atom is 0.158 e. The normalized spacial score (nSPS) is 21.5. The van der Waals surface area contributed by atoms with Gasteiger partial charge in [0.05, 0.1) is 31.7 Å². The Labute approximate surface area is 189 Å². The highest BCUT2D eigenvalue weighted by atomic mass is 16.5. The Morgan fingerprint density at radius 2 is 2.00 bits per heavy atom. The van der Waals surface area contributed by atoms with Crippen LogP contribution in [-0.2, 0) is 0 Å². The lowest BCUT2D eigenvalue weighted by molar-refractivity contribution is 0.231. The Bertz CT molecular complexity index is 934. The summed E-state index contributed by atoms with van der Waals surface area (Å²) < 4.78 is 5.76. The number of nitrogens with zero attached hydrogens (tertiary/aromatic N) is 5. The minimum atomic E-state index is -0.0133. The van der Waals surface area contributed by atoms with Crippen molar-refractivity contribution in [3.05, 3.63) is 41.9 Å². The molecule has 2 atom stereocenters. The van der Waals surface area contributed by atoms with Crippen molar-refractivity contribution >= 4 is 11.5 Å². The van der Waals surface area contributed by atoms with Crippen molar-refractivity contribution in [2.24, 2.45) is 5.92 Å². The predicted octanol–water partition coefficient (Wildman–Crippen LogP) is 2.11. The topological polar surface area (TPSA) is 101 Å². The number of anilines is 2. The first-order valence-corrected chi connectivity index (χ1v) is 11.2. The number of hydrazine groups is 1. The van der Waals surface area contributed by atoms with Crippen molar-refractivity contribution < 1.29 is 4.74 Å². The summed E-state index contributed by atoms with van der Waals surface area (Å²) in [6.45, 7) is 10.00. The molecule has 4 rings (SSSR count). The number of nitrogens with one attached hydrogen (secondary N) is 3. The summed E-state index contributed by atoms with van der Waals surface area (Å²) in [5, 5.41) is 12.2. The Morgan fingerprint density at radius 3 is 2.66 bits per heavy atom. The Hall–Kier alpha value is -2.93. The van der Waals surface area contributed by atoms with Crippen LogP contribution in [0.25, 0.3) is 0 Å². The first-order chi connectivity index (χ1) is 15.6. The number of piperazine rings is 1. The van der Waals surface area contributed by atoms with Crippen LogP contribution in [0.2, 0.25) is 0 Å². The van der Waals surface area contributed by atoms with Gasteiger partial charge in [0.2, 0.25) is 0 Å². The van der Waals surface area contributed by atoms with Crippen molar-refractivity contribution in [2.45, 2.75) is 32.5 Å². The molecule has 9 nitrogen and oxygen atoms in total. The number of rotatable bonds is 7. The van der Waals surface area contributed by atoms with Gasteiger partial charge in [0.15, 0.2) is 5.69 Å².